The Morgan fingerprint density at radius 1 is 1.56 bits per heavy atom. The lowest BCUT2D eigenvalue weighted by Gasteiger charge is -2.09. The largest absolute Gasteiger partial charge is 0.462 e. The van der Waals surface area contributed by atoms with Crippen molar-refractivity contribution in [3.63, 3.8) is 0 Å². The van der Waals surface area contributed by atoms with Gasteiger partial charge in [0.25, 0.3) is 0 Å². The van der Waals surface area contributed by atoms with Gasteiger partial charge in [-0.2, -0.15) is 5.26 Å². The summed E-state index contributed by atoms with van der Waals surface area (Å²) in [6.07, 6.45) is 0. The molecule has 0 radical (unpaired) electrons. The van der Waals surface area contributed by atoms with E-state index in [-0.39, 0.29) is 5.88 Å². The Morgan fingerprint density at radius 3 is 2.75 bits per heavy atom. The van der Waals surface area contributed by atoms with E-state index in [2.05, 4.69) is 0 Å². The molecular formula is C12H12ClNO2. The van der Waals surface area contributed by atoms with Gasteiger partial charge < -0.3 is 4.74 Å². The molecule has 0 spiro atoms. The third-order valence-corrected chi connectivity index (χ3v) is 2.41. The lowest BCUT2D eigenvalue weighted by molar-refractivity contribution is 0.0525. The Labute approximate surface area is 99.6 Å². The molecule has 3 nitrogen and oxygen atoms in total. The first-order valence-electron chi connectivity index (χ1n) is 4.90. The Morgan fingerprint density at radius 2 is 2.25 bits per heavy atom. The Hall–Kier alpha value is -1.53. The van der Waals surface area contributed by atoms with Gasteiger partial charge in [0.1, 0.15) is 0 Å². The standard InChI is InChI=1S/C12H12ClNO2/c1-3-16-12(15)10-5-8(2)4-9(7-14)11(10)6-13/h4-5H,3,6H2,1-2H3. The fourth-order valence-electron chi connectivity index (χ4n) is 1.45. The van der Waals surface area contributed by atoms with Gasteiger partial charge in [-0.1, -0.05) is 0 Å². The SMILES string of the molecule is CCOC(=O)c1cc(C)cc(C#N)c1CCl. The Kier molecular flexibility index (Phi) is 4.33. The normalized spacial score (nSPS) is 9.62. The first-order chi connectivity index (χ1) is 7.63. The average Bonchev–Trinajstić information content (AvgIpc) is 2.28. The number of halogens is 1. The fraction of sp³-hybridized carbons (Fsp3) is 0.333. The third kappa shape index (κ3) is 2.53. The summed E-state index contributed by atoms with van der Waals surface area (Å²) in [5.41, 5.74) is 2.19. The molecule has 0 heterocycles. The fourth-order valence-corrected chi connectivity index (χ4v) is 1.74. The van der Waals surface area contributed by atoms with Crippen LogP contribution in [-0.2, 0) is 10.6 Å². The molecule has 0 fully saturated rings. The van der Waals surface area contributed by atoms with E-state index in [1.807, 2.05) is 13.0 Å². The number of nitriles is 1. The second-order valence-electron chi connectivity index (χ2n) is 3.30. The van der Waals surface area contributed by atoms with Crippen molar-refractivity contribution in [3.05, 3.63) is 34.4 Å². The summed E-state index contributed by atoms with van der Waals surface area (Å²) in [7, 11) is 0. The van der Waals surface area contributed by atoms with Crippen molar-refractivity contribution in [2.45, 2.75) is 19.7 Å². The molecule has 0 unspecified atom stereocenters. The van der Waals surface area contributed by atoms with Crippen molar-refractivity contribution in [1.82, 2.24) is 0 Å². The number of carbonyl (C=O) groups excluding carboxylic acids is 1. The van der Waals surface area contributed by atoms with Gasteiger partial charge in [-0.05, 0) is 37.1 Å². The zero-order chi connectivity index (χ0) is 12.1. The number of alkyl halides is 1. The number of carbonyl (C=O) groups is 1. The summed E-state index contributed by atoms with van der Waals surface area (Å²) in [6, 6.07) is 5.43. The number of benzene rings is 1. The highest BCUT2D eigenvalue weighted by Crippen LogP contribution is 2.20. The van der Waals surface area contributed by atoms with Crippen LogP contribution in [0.5, 0.6) is 0 Å². The van der Waals surface area contributed by atoms with Gasteiger partial charge in [-0.25, -0.2) is 4.79 Å². The molecule has 1 rings (SSSR count). The van der Waals surface area contributed by atoms with Crippen LogP contribution in [0, 0.1) is 18.3 Å². The smallest absolute Gasteiger partial charge is 0.338 e. The molecular weight excluding hydrogens is 226 g/mol. The second-order valence-corrected chi connectivity index (χ2v) is 3.57. The Balaban J connectivity index is 3.32. The number of nitrogens with zero attached hydrogens (tertiary/aromatic N) is 1. The minimum absolute atomic E-state index is 0.122. The van der Waals surface area contributed by atoms with Gasteiger partial charge in [-0.15, -0.1) is 11.6 Å². The van der Waals surface area contributed by atoms with Crippen LogP contribution in [0.25, 0.3) is 0 Å². The first-order valence-corrected chi connectivity index (χ1v) is 5.44. The van der Waals surface area contributed by atoms with E-state index in [0.717, 1.165) is 5.56 Å². The van der Waals surface area contributed by atoms with Crippen LogP contribution in [0.1, 0.15) is 34.0 Å². The number of esters is 1. The summed E-state index contributed by atoms with van der Waals surface area (Å²) >= 11 is 5.75. The van der Waals surface area contributed by atoms with Crippen molar-refractivity contribution >= 4 is 17.6 Å². The van der Waals surface area contributed by atoms with E-state index in [4.69, 9.17) is 21.6 Å². The molecule has 4 heteroatoms. The molecule has 0 atom stereocenters. The zero-order valence-electron chi connectivity index (χ0n) is 9.21. The van der Waals surface area contributed by atoms with E-state index < -0.39 is 5.97 Å². The molecule has 0 bridgehead atoms. The van der Waals surface area contributed by atoms with Crippen LogP contribution in [0.15, 0.2) is 12.1 Å². The maximum atomic E-state index is 11.7. The quantitative estimate of drug-likeness (QED) is 0.600. The van der Waals surface area contributed by atoms with Crippen LogP contribution in [-0.4, -0.2) is 12.6 Å². The van der Waals surface area contributed by atoms with E-state index in [9.17, 15) is 4.79 Å². The molecule has 0 N–H and O–H groups in total. The summed E-state index contributed by atoms with van der Waals surface area (Å²) in [5.74, 6) is -0.310. The lowest BCUT2D eigenvalue weighted by Crippen LogP contribution is -2.09. The van der Waals surface area contributed by atoms with Crippen LogP contribution in [0.4, 0.5) is 0 Å². The predicted octanol–water partition coefficient (Wildman–Crippen LogP) is 2.78. The van der Waals surface area contributed by atoms with Crippen molar-refractivity contribution in [3.8, 4) is 6.07 Å². The van der Waals surface area contributed by atoms with Crippen molar-refractivity contribution < 1.29 is 9.53 Å². The molecule has 0 saturated heterocycles. The second kappa shape index (κ2) is 5.53. The van der Waals surface area contributed by atoms with Crippen LogP contribution in [0.3, 0.4) is 0 Å². The maximum Gasteiger partial charge on any atom is 0.338 e. The maximum absolute atomic E-state index is 11.7. The number of aryl methyl sites for hydroxylation is 1. The molecule has 0 amide bonds. The summed E-state index contributed by atoms with van der Waals surface area (Å²) in [5, 5.41) is 8.95. The van der Waals surface area contributed by atoms with E-state index in [0.29, 0.717) is 23.3 Å². The predicted molar refractivity (Wildman–Crippen MR) is 61.4 cm³/mol. The average molecular weight is 238 g/mol. The van der Waals surface area contributed by atoms with Gasteiger partial charge in [0.15, 0.2) is 0 Å². The Bertz CT molecular complexity index is 449. The molecule has 0 saturated carbocycles. The number of ether oxygens (including phenoxy) is 1. The van der Waals surface area contributed by atoms with Gasteiger partial charge >= 0.3 is 5.97 Å². The summed E-state index contributed by atoms with van der Waals surface area (Å²) in [6.45, 7) is 3.86. The summed E-state index contributed by atoms with van der Waals surface area (Å²) < 4.78 is 4.92. The molecule has 16 heavy (non-hydrogen) atoms. The van der Waals surface area contributed by atoms with Crippen molar-refractivity contribution in [1.29, 1.82) is 5.26 Å². The highest BCUT2D eigenvalue weighted by atomic mass is 35.5. The van der Waals surface area contributed by atoms with E-state index in [1.54, 1.807) is 19.1 Å². The molecule has 0 aromatic heterocycles. The molecule has 0 aliphatic carbocycles. The number of hydrogen-bond acceptors (Lipinski definition) is 3. The minimum Gasteiger partial charge on any atom is -0.462 e. The highest BCUT2D eigenvalue weighted by molar-refractivity contribution is 6.18. The monoisotopic (exact) mass is 237 g/mol. The van der Waals surface area contributed by atoms with Gasteiger partial charge in [0.2, 0.25) is 0 Å². The topological polar surface area (TPSA) is 50.1 Å². The molecule has 0 aliphatic rings. The van der Waals surface area contributed by atoms with Crippen LogP contribution >= 0.6 is 11.6 Å². The molecule has 1 aromatic rings. The van der Waals surface area contributed by atoms with E-state index >= 15 is 0 Å². The molecule has 0 aliphatic heterocycles. The number of hydrogen-bond donors (Lipinski definition) is 0. The first kappa shape index (κ1) is 12.5. The molecule has 84 valence electrons. The van der Waals surface area contributed by atoms with Gasteiger partial charge in [0.05, 0.1) is 23.8 Å². The van der Waals surface area contributed by atoms with Crippen LogP contribution in [0.2, 0.25) is 0 Å². The van der Waals surface area contributed by atoms with Gasteiger partial charge in [0, 0.05) is 5.88 Å². The third-order valence-electron chi connectivity index (χ3n) is 2.14. The number of rotatable bonds is 3. The van der Waals surface area contributed by atoms with Gasteiger partial charge in [-0.3, -0.25) is 0 Å². The molecule has 1 aromatic carbocycles. The van der Waals surface area contributed by atoms with E-state index in [1.165, 1.54) is 0 Å². The van der Waals surface area contributed by atoms with Crippen LogP contribution < -0.4 is 0 Å². The van der Waals surface area contributed by atoms with Crippen molar-refractivity contribution in [2.24, 2.45) is 0 Å². The highest BCUT2D eigenvalue weighted by Gasteiger charge is 2.16. The minimum atomic E-state index is -0.432. The zero-order valence-corrected chi connectivity index (χ0v) is 9.97. The van der Waals surface area contributed by atoms with Crippen molar-refractivity contribution in [2.75, 3.05) is 6.61 Å². The summed E-state index contributed by atoms with van der Waals surface area (Å²) in [4.78, 5) is 11.7. The lowest BCUT2D eigenvalue weighted by atomic mass is 10.00.